The van der Waals surface area contributed by atoms with Crippen LogP contribution in [0.1, 0.15) is 43.7 Å². The van der Waals surface area contributed by atoms with E-state index in [4.69, 9.17) is 9.47 Å². The van der Waals surface area contributed by atoms with E-state index < -0.39 is 30.4 Å². The summed E-state index contributed by atoms with van der Waals surface area (Å²) in [4.78, 5) is 24.9. The van der Waals surface area contributed by atoms with Gasteiger partial charge in [0.05, 0.1) is 17.4 Å². The van der Waals surface area contributed by atoms with Crippen LogP contribution in [0.25, 0.3) is 0 Å². The summed E-state index contributed by atoms with van der Waals surface area (Å²) >= 11 is 2.52. The number of fused-ring (bicyclic) bond motifs is 3. The Hall–Kier alpha value is -1.40. The fourth-order valence-electron chi connectivity index (χ4n) is 4.01. The highest BCUT2D eigenvalue weighted by molar-refractivity contribution is 7.99. The van der Waals surface area contributed by atoms with Crippen molar-refractivity contribution in [3.8, 4) is 0 Å². The van der Waals surface area contributed by atoms with Crippen LogP contribution in [0.2, 0.25) is 0 Å². The van der Waals surface area contributed by atoms with Gasteiger partial charge in [0.25, 0.3) is 0 Å². The van der Waals surface area contributed by atoms with Gasteiger partial charge in [-0.25, -0.2) is 14.5 Å². The number of hydrogen-bond donors (Lipinski definition) is 0. The Morgan fingerprint density at radius 3 is 2.64 bits per heavy atom. The molecule has 3 atom stereocenters. The van der Waals surface area contributed by atoms with Crippen LogP contribution in [0, 0.1) is 5.92 Å². The van der Waals surface area contributed by atoms with Crippen LogP contribution >= 0.6 is 23.5 Å². The lowest BCUT2D eigenvalue weighted by Gasteiger charge is -2.37. The van der Waals surface area contributed by atoms with Crippen LogP contribution < -0.4 is 0 Å². The zero-order valence-corrected chi connectivity index (χ0v) is 16.4. The van der Waals surface area contributed by atoms with Gasteiger partial charge in [-0.1, -0.05) is 0 Å². The number of esters is 2. The molecule has 154 valence electrons. The quantitative estimate of drug-likeness (QED) is 0.291. The number of carbonyl (C=O) groups is 2. The Kier molecular flexibility index (Phi) is 5.29. The molecule has 4 heterocycles. The number of carbonyl (C=O) groups excluding carboxylic acids is 2. The molecular weight excluding hydrogens is 419 g/mol. The topological polar surface area (TPSA) is 81.6 Å². The smallest absolute Gasteiger partial charge is 0.400 e. The van der Waals surface area contributed by atoms with Crippen molar-refractivity contribution in [1.29, 1.82) is 0 Å². The number of rotatable bonds is 6. The SMILES string of the molecule is O=C1OC2(CCC3CN2CC3c2nsnc2SCCCCC(F)(F)F)OC1=O. The first-order chi connectivity index (χ1) is 13.3. The van der Waals surface area contributed by atoms with Crippen molar-refractivity contribution in [2.75, 3.05) is 18.8 Å². The summed E-state index contributed by atoms with van der Waals surface area (Å²) in [7, 11) is 0. The molecule has 4 rings (SSSR count). The van der Waals surface area contributed by atoms with Gasteiger partial charge >= 0.3 is 24.0 Å². The summed E-state index contributed by atoms with van der Waals surface area (Å²) in [6.07, 6.45) is -3.19. The summed E-state index contributed by atoms with van der Waals surface area (Å²) in [5, 5.41) is 0.755. The zero-order chi connectivity index (χ0) is 19.9. The molecular formula is C16H18F3N3O4S2. The highest BCUT2D eigenvalue weighted by Crippen LogP contribution is 2.48. The van der Waals surface area contributed by atoms with Crippen molar-refractivity contribution in [2.24, 2.45) is 5.92 Å². The highest BCUT2D eigenvalue weighted by atomic mass is 32.2. The van der Waals surface area contributed by atoms with E-state index in [1.165, 1.54) is 11.8 Å². The van der Waals surface area contributed by atoms with E-state index in [1.807, 2.05) is 4.90 Å². The first-order valence-electron chi connectivity index (χ1n) is 9.01. The Balaban J connectivity index is 1.37. The number of aromatic nitrogens is 2. The van der Waals surface area contributed by atoms with Crippen LogP contribution in [-0.4, -0.2) is 56.5 Å². The average Bonchev–Trinajstić information content (AvgIpc) is 3.28. The molecule has 28 heavy (non-hydrogen) atoms. The van der Waals surface area contributed by atoms with Crippen molar-refractivity contribution < 1.29 is 32.2 Å². The number of piperidine rings is 1. The number of unbranched alkanes of at least 4 members (excludes halogenated alkanes) is 1. The summed E-state index contributed by atoms with van der Waals surface area (Å²) in [6, 6.07) is 0. The largest absolute Gasteiger partial charge is 0.421 e. The van der Waals surface area contributed by atoms with Crippen LogP contribution in [0.15, 0.2) is 5.03 Å². The zero-order valence-electron chi connectivity index (χ0n) is 14.7. The predicted molar refractivity (Wildman–Crippen MR) is 92.5 cm³/mol. The third-order valence-corrected chi connectivity index (χ3v) is 7.08. The minimum Gasteiger partial charge on any atom is -0.400 e. The van der Waals surface area contributed by atoms with Gasteiger partial charge in [0.2, 0.25) is 0 Å². The lowest BCUT2D eigenvalue weighted by atomic mass is 9.88. The van der Waals surface area contributed by atoms with Crippen molar-refractivity contribution in [1.82, 2.24) is 13.6 Å². The van der Waals surface area contributed by atoms with E-state index in [-0.39, 0.29) is 18.3 Å². The van der Waals surface area contributed by atoms with Crippen molar-refractivity contribution in [2.45, 2.75) is 55.1 Å². The lowest BCUT2D eigenvalue weighted by molar-refractivity contribution is -0.257. The third kappa shape index (κ3) is 3.86. The first kappa shape index (κ1) is 19.9. The van der Waals surface area contributed by atoms with Gasteiger partial charge in [0, 0.05) is 31.8 Å². The molecule has 3 fully saturated rings. The molecule has 1 aromatic rings. The summed E-state index contributed by atoms with van der Waals surface area (Å²) in [6.45, 7) is 1.15. The highest BCUT2D eigenvalue weighted by Gasteiger charge is 2.59. The molecule has 1 aromatic heterocycles. The van der Waals surface area contributed by atoms with E-state index in [0.29, 0.717) is 31.7 Å². The van der Waals surface area contributed by atoms with Crippen molar-refractivity contribution in [3.63, 3.8) is 0 Å². The molecule has 3 aliphatic heterocycles. The number of nitrogens with zero attached hydrogens (tertiary/aromatic N) is 3. The molecule has 3 aliphatic rings. The van der Waals surface area contributed by atoms with E-state index >= 15 is 0 Å². The average molecular weight is 437 g/mol. The second-order valence-corrected chi connectivity index (χ2v) is 8.79. The first-order valence-corrected chi connectivity index (χ1v) is 10.7. The van der Waals surface area contributed by atoms with E-state index in [2.05, 4.69) is 8.75 Å². The van der Waals surface area contributed by atoms with Crippen LogP contribution in [0.5, 0.6) is 0 Å². The maximum absolute atomic E-state index is 12.2. The monoisotopic (exact) mass is 437 g/mol. The Morgan fingerprint density at radius 2 is 1.93 bits per heavy atom. The van der Waals surface area contributed by atoms with Gasteiger partial charge < -0.3 is 9.47 Å². The molecule has 0 aromatic carbocycles. The molecule has 2 bridgehead atoms. The molecule has 0 saturated carbocycles. The fourth-order valence-corrected chi connectivity index (χ4v) is 5.79. The van der Waals surface area contributed by atoms with Crippen LogP contribution in [-0.2, 0) is 19.1 Å². The molecule has 0 N–H and O–H groups in total. The minimum absolute atomic E-state index is 0.0637. The molecule has 0 aliphatic carbocycles. The third-order valence-electron chi connectivity index (χ3n) is 5.35. The Bertz CT molecular complexity index is 757. The normalized spacial score (nSPS) is 28.6. The molecule has 3 unspecified atom stereocenters. The van der Waals surface area contributed by atoms with Crippen LogP contribution in [0.3, 0.4) is 0 Å². The summed E-state index contributed by atoms with van der Waals surface area (Å²) < 4.78 is 55.9. The van der Waals surface area contributed by atoms with Crippen LogP contribution in [0.4, 0.5) is 13.2 Å². The standard InChI is InChI=1S/C16H18F3N3O4S2/c17-15(18,19)4-1-2-6-27-12-11(20-28-21-12)10-8-22-7-9(10)3-5-16(22)25-13(23)14(24)26-16/h9-10H,1-8H2. The van der Waals surface area contributed by atoms with E-state index in [1.54, 1.807) is 0 Å². The second-order valence-electron chi connectivity index (χ2n) is 7.18. The molecule has 3 saturated heterocycles. The van der Waals surface area contributed by atoms with Gasteiger partial charge in [-0.3, -0.25) is 0 Å². The number of hydrogen-bond acceptors (Lipinski definition) is 9. The molecule has 7 nitrogen and oxygen atoms in total. The Labute approximate surface area is 167 Å². The summed E-state index contributed by atoms with van der Waals surface area (Å²) in [5.74, 6) is -2.34. The second kappa shape index (κ2) is 7.45. The fraction of sp³-hybridized carbons (Fsp3) is 0.750. The van der Waals surface area contributed by atoms with Crippen molar-refractivity contribution >= 4 is 35.4 Å². The Morgan fingerprint density at radius 1 is 1.18 bits per heavy atom. The molecule has 1 spiro atoms. The maximum atomic E-state index is 12.2. The number of alkyl halides is 3. The molecule has 12 heteroatoms. The van der Waals surface area contributed by atoms with Gasteiger partial charge in [-0.2, -0.15) is 21.9 Å². The van der Waals surface area contributed by atoms with Gasteiger partial charge in [0.1, 0.15) is 5.03 Å². The van der Waals surface area contributed by atoms with Gasteiger partial charge in [-0.05, 0) is 30.9 Å². The van der Waals surface area contributed by atoms with E-state index in [0.717, 1.165) is 28.9 Å². The number of thioether (sulfide) groups is 1. The maximum Gasteiger partial charge on any atom is 0.421 e. The van der Waals surface area contributed by atoms with Gasteiger partial charge in [-0.15, -0.1) is 11.8 Å². The summed E-state index contributed by atoms with van der Waals surface area (Å²) in [5.41, 5.74) is 0.839. The number of ether oxygens (including phenoxy) is 2. The molecule has 0 amide bonds. The predicted octanol–water partition coefficient (Wildman–Crippen LogP) is 2.93. The minimum atomic E-state index is -4.11. The van der Waals surface area contributed by atoms with E-state index in [9.17, 15) is 22.8 Å². The lowest BCUT2D eigenvalue weighted by Crippen LogP contribution is -2.51. The van der Waals surface area contributed by atoms with Gasteiger partial charge in [0.15, 0.2) is 0 Å². The number of halogens is 3. The van der Waals surface area contributed by atoms with Crippen molar-refractivity contribution in [3.05, 3.63) is 5.69 Å². The molecule has 0 radical (unpaired) electrons.